The summed E-state index contributed by atoms with van der Waals surface area (Å²) in [5, 5.41) is 20.4. The van der Waals surface area contributed by atoms with Crippen LogP contribution >= 0.6 is 11.3 Å². The minimum Gasteiger partial charge on any atom is -0.475 e. The molecule has 0 atom stereocenters. The maximum atomic E-state index is 10.5. The van der Waals surface area contributed by atoms with Gasteiger partial charge in [0.1, 0.15) is 10.9 Å². The molecule has 2 aromatic rings. The molecule has 0 saturated heterocycles. The fraction of sp³-hybridized carbons (Fsp3) is 0. The number of aromatic carboxylic acids is 1. The van der Waals surface area contributed by atoms with E-state index in [0.717, 1.165) is 11.3 Å². The summed E-state index contributed by atoms with van der Waals surface area (Å²) in [7, 11) is 0. The standard InChI is InChI=1S/C8H3N3O3S/c9-3-4-1-2-5(15-4)7-10-6(8(12)13)11-14-7/h1-2H,(H,12,13). The monoisotopic (exact) mass is 221 g/mol. The first-order valence-electron chi connectivity index (χ1n) is 3.78. The van der Waals surface area contributed by atoms with Crippen molar-refractivity contribution in [2.75, 3.05) is 0 Å². The third-order valence-electron chi connectivity index (χ3n) is 1.54. The van der Waals surface area contributed by atoms with E-state index >= 15 is 0 Å². The van der Waals surface area contributed by atoms with Gasteiger partial charge in [0.25, 0.3) is 11.7 Å². The van der Waals surface area contributed by atoms with Crippen LogP contribution in [-0.2, 0) is 0 Å². The van der Waals surface area contributed by atoms with Gasteiger partial charge in [-0.05, 0) is 17.3 Å². The summed E-state index contributed by atoms with van der Waals surface area (Å²) in [5.41, 5.74) is 0. The van der Waals surface area contributed by atoms with Crippen molar-refractivity contribution in [3.05, 3.63) is 22.8 Å². The molecular formula is C8H3N3O3S. The average molecular weight is 221 g/mol. The molecule has 0 aromatic carbocycles. The van der Waals surface area contributed by atoms with E-state index in [1.165, 1.54) is 0 Å². The number of carbonyl (C=O) groups is 1. The summed E-state index contributed by atoms with van der Waals surface area (Å²) in [6, 6.07) is 5.19. The Labute approximate surface area is 87.4 Å². The molecule has 0 saturated carbocycles. The second-order valence-corrected chi connectivity index (χ2v) is 3.59. The number of thiophene rings is 1. The minimum atomic E-state index is -1.25. The van der Waals surface area contributed by atoms with Crippen molar-refractivity contribution >= 4 is 17.3 Å². The van der Waals surface area contributed by atoms with Gasteiger partial charge >= 0.3 is 5.97 Å². The number of aromatic nitrogens is 2. The largest absolute Gasteiger partial charge is 0.475 e. The SMILES string of the molecule is N#Cc1ccc(-c2nc(C(=O)O)no2)s1. The Kier molecular flexibility index (Phi) is 2.19. The van der Waals surface area contributed by atoms with E-state index in [4.69, 9.17) is 14.9 Å². The summed E-state index contributed by atoms with van der Waals surface area (Å²) in [4.78, 5) is 15.2. The highest BCUT2D eigenvalue weighted by molar-refractivity contribution is 7.15. The van der Waals surface area contributed by atoms with Crippen molar-refractivity contribution < 1.29 is 14.4 Å². The van der Waals surface area contributed by atoms with Crippen molar-refractivity contribution in [2.45, 2.75) is 0 Å². The summed E-state index contributed by atoms with van der Waals surface area (Å²) < 4.78 is 4.73. The smallest absolute Gasteiger partial charge is 0.377 e. The van der Waals surface area contributed by atoms with Gasteiger partial charge in [-0.25, -0.2) is 4.79 Å². The molecule has 0 fully saturated rings. The molecule has 6 nitrogen and oxygen atoms in total. The highest BCUT2D eigenvalue weighted by Gasteiger charge is 2.15. The normalized spacial score (nSPS) is 9.80. The molecule has 0 aliphatic carbocycles. The molecule has 2 aromatic heterocycles. The zero-order chi connectivity index (χ0) is 10.8. The Hall–Kier alpha value is -2.20. The first-order chi connectivity index (χ1) is 7.20. The highest BCUT2D eigenvalue weighted by atomic mass is 32.1. The molecule has 15 heavy (non-hydrogen) atoms. The minimum absolute atomic E-state index is 0.110. The van der Waals surface area contributed by atoms with Crippen molar-refractivity contribution in [1.29, 1.82) is 5.26 Å². The first-order valence-corrected chi connectivity index (χ1v) is 4.59. The fourth-order valence-corrected chi connectivity index (χ4v) is 1.65. The number of rotatable bonds is 2. The van der Waals surface area contributed by atoms with E-state index in [2.05, 4.69) is 10.1 Å². The number of carboxylic acid groups (broad SMARTS) is 1. The molecule has 0 amide bonds. The van der Waals surface area contributed by atoms with Crippen LogP contribution in [0, 0.1) is 11.3 Å². The van der Waals surface area contributed by atoms with Gasteiger partial charge < -0.3 is 9.63 Å². The molecule has 7 heteroatoms. The summed E-state index contributed by atoms with van der Waals surface area (Å²) in [6.07, 6.45) is 0. The lowest BCUT2D eigenvalue weighted by Gasteiger charge is -1.82. The van der Waals surface area contributed by atoms with E-state index < -0.39 is 11.8 Å². The van der Waals surface area contributed by atoms with E-state index in [9.17, 15) is 4.79 Å². The van der Waals surface area contributed by atoms with Crippen LogP contribution in [0.2, 0.25) is 0 Å². The molecule has 1 N–H and O–H groups in total. The summed E-state index contributed by atoms with van der Waals surface area (Å²) in [6.45, 7) is 0. The Morgan fingerprint density at radius 2 is 2.40 bits per heavy atom. The Balaban J connectivity index is 2.38. The van der Waals surface area contributed by atoms with Crippen LogP contribution in [0.15, 0.2) is 16.7 Å². The molecule has 2 heterocycles. The summed E-state index contributed by atoms with van der Waals surface area (Å²) >= 11 is 1.16. The Morgan fingerprint density at radius 1 is 1.60 bits per heavy atom. The lowest BCUT2D eigenvalue weighted by atomic mass is 10.4. The molecule has 0 aliphatic heterocycles. The van der Waals surface area contributed by atoms with E-state index in [0.29, 0.717) is 9.75 Å². The van der Waals surface area contributed by atoms with E-state index in [-0.39, 0.29) is 5.89 Å². The van der Waals surface area contributed by atoms with Gasteiger partial charge in [0.2, 0.25) is 0 Å². The molecule has 0 spiro atoms. The molecule has 0 unspecified atom stereocenters. The van der Waals surface area contributed by atoms with Crippen LogP contribution < -0.4 is 0 Å². The zero-order valence-electron chi connectivity index (χ0n) is 7.17. The molecular weight excluding hydrogens is 218 g/mol. The van der Waals surface area contributed by atoms with Gasteiger partial charge in [-0.15, -0.1) is 11.3 Å². The van der Waals surface area contributed by atoms with E-state index in [1.807, 2.05) is 6.07 Å². The lowest BCUT2D eigenvalue weighted by Crippen LogP contribution is -1.97. The average Bonchev–Trinajstić information content (AvgIpc) is 2.86. The predicted octanol–water partition coefficient (Wildman–Crippen LogP) is 1.37. The van der Waals surface area contributed by atoms with Crippen LogP contribution in [-0.4, -0.2) is 21.2 Å². The molecule has 0 aliphatic rings. The predicted molar refractivity (Wildman–Crippen MR) is 49.3 cm³/mol. The van der Waals surface area contributed by atoms with Crippen LogP contribution in [0.4, 0.5) is 0 Å². The maximum Gasteiger partial charge on any atom is 0.377 e. The lowest BCUT2D eigenvalue weighted by molar-refractivity contribution is 0.0680. The molecule has 74 valence electrons. The molecule has 0 radical (unpaired) electrons. The van der Waals surface area contributed by atoms with Crippen LogP contribution in [0.1, 0.15) is 15.5 Å². The van der Waals surface area contributed by atoms with Crippen molar-refractivity contribution in [1.82, 2.24) is 10.1 Å². The first kappa shape index (κ1) is 9.36. The highest BCUT2D eigenvalue weighted by Crippen LogP contribution is 2.25. The number of nitriles is 1. The van der Waals surface area contributed by atoms with Gasteiger partial charge in [0, 0.05) is 0 Å². The number of nitrogens with zero attached hydrogens (tertiary/aromatic N) is 3. The zero-order valence-corrected chi connectivity index (χ0v) is 7.98. The summed E-state index contributed by atoms with van der Waals surface area (Å²) in [5.74, 6) is -1.53. The number of hydrogen-bond acceptors (Lipinski definition) is 6. The van der Waals surface area contributed by atoms with Crippen LogP contribution in [0.3, 0.4) is 0 Å². The number of carboxylic acids is 1. The molecule has 2 rings (SSSR count). The Morgan fingerprint density at radius 3 is 2.93 bits per heavy atom. The quantitative estimate of drug-likeness (QED) is 0.821. The van der Waals surface area contributed by atoms with Gasteiger partial charge in [-0.2, -0.15) is 10.2 Å². The van der Waals surface area contributed by atoms with E-state index in [1.54, 1.807) is 12.1 Å². The van der Waals surface area contributed by atoms with Crippen molar-refractivity contribution in [3.8, 4) is 16.8 Å². The van der Waals surface area contributed by atoms with Gasteiger partial charge in [0.05, 0.1) is 4.88 Å². The maximum absolute atomic E-state index is 10.5. The van der Waals surface area contributed by atoms with Gasteiger partial charge in [-0.1, -0.05) is 0 Å². The van der Waals surface area contributed by atoms with Gasteiger partial charge in [0.15, 0.2) is 0 Å². The number of hydrogen-bond donors (Lipinski definition) is 1. The van der Waals surface area contributed by atoms with Crippen molar-refractivity contribution in [3.63, 3.8) is 0 Å². The van der Waals surface area contributed by atoms with Crippen LogP contribution in [0.25, 0.3) is 10.8 Å². The fourth-order valence-electron chi connectivity index (χ4n) is 0.923. The second kappa shape index (κ2) is 3.51. The third kappa shape index (κ3) is 1.70. The Bertz CT molecular complexity index is 551. The topological polar surface area (TPSA) is 100 Å². The third-order valence-corrected chi connectivity index (χ3v) is 2.52. The second-order valence-electron chi connectivity index (χ2n) is 2.50. The van der Waals surface area contributed by atoms with Crippen LogP contribution in [0.5, 0.6) is 0 Å². The molecule has 0 bridgehead atoms. The van der Waals surface area contributed by atoms with Crippen molar-refractivity contribution in [2.24, 2.45) is 0 Å². The van der Waals surface area contributed by atoms with Gasteiger partial charge in [-0.3, -0.25) is 0 Å².